The normalized spacial score (nSPS) is 16.1. The summed E-state index contributed by atoms with van der Waals surface area (Å²) in [5.41, 5.74) is 1.41. The Morgan fingerprint density at radius 1 is 1.32 bits per heavy atom. The van der Waals surface area contributed by atoms with E-state index in [1.165, 1.54) is 18.2 Å². The lowest BCUT2D eigenvalue weighted by molar-refractivity contribution is -0.384. The second kappa shape index (κ2) is 7.36. The Hall–Kier alpha value is -2.86. The Morgan fingerprint density at radius 2 is 2.16 bits per heavy atom. The van der Waals surface area contributed by atoms with Crippen molar-refractivity contribution in [2.45, 2.75) is 12.5 Å². The fourth-order valence-corrected chi connectivity index (χ4v) is 2.83. The summed E-state index contributed by atoms with van der Waals surface area (Å²) in [5.74, 6) is 0.424. The molecule has 1 N–H and O–H groups in total. The lowest BCUT2D eigenvalue weighted by Crippen LogP contribution is -2.30. The summed E-state index contributed by atoms with van der Waals surface area (Å²) < 4.78 is 5.56. The molecule has 0 fully saturated rings. The van der Waals surface area contributed by atoms with Crippen LogP contribution < -0.4 is 10.1 Å². The molecule has 1 aliphatic heterocycles. The van der Waals surface area contributed by atoms with E-state index in [9.17, 15) is 14.9 Å². The molecule has 0 spiro atoms. The molecule has 3 rings (SSSR count). The van der Waals surface area contributed by atoms with Crippen molar-refractivity contribution in [1.29, 1.82) is 0 Å². The van der Waals surface area contributed by atoms with Crippen molar-refractivity contribution in [3.63, 3.8) is 0 Å². The number of nitro groups is 1. The summed E-state index contributed by atoms with van der Waals surface area (Å²) in [6.45, 7) is 0.508. The summed E-state index contributed by atoms with van der Waals surface area (Å²) in [4.78, 5) is 22.5. The first-order chi connectivity index (χ1) is 12.0. The molecule has 0 radical (unpaired) electrons. The maximum Gasteiger partial charge on any atom is 0.270 e. The van der Waals surface area contributed by atoms with Gasteiger partial charge < -0.3 is 10.1 Å². The zero-order valence-corrected chi connectivity index (χ0v) is 13.9. The molecule has 7 heteroatoms. The van der Waals surface area contributed by atoms with E-state index in [-0.39, 0.29) is 17.6 Å². The number of benzene rings is 2. The van der Waals surface area contributed by atoms with E-state index in [1.807, 2.05) is 0 Å². The zero-order chi connectivity index (χ0) is 17.8. The van der Waals surface area contributed by atoms with Crippen LogP contribution in [0.5, 0.6) is 5.75 Å². The minimum absolute atomic E-state index is 0.0180. The van der Waals surface area contributed by atoms with Gasteiger partial charge in [0.1, 0.15) is 5.75 Å². The van der Waals surface area contributed by atoms with E-state index >= 15 is 0 Å². The number of nitrogens with zero attached hydrogens (tertiary/aromatic N) is 1. The van der Waals surface area contributed by atoms with Gasteiger partial charge in [0, 0.05) is 35.2 Å². The molecule has 1 unspecified atom stereocenters. The third-order valence-electron chi connectivity index (χ3n) is 3.84. The van der Waals surface area contributed by atoms with Crippen molar-refractivity contribution in [2.24, 2.45) is 0 Å². The topological polar surface area (TPSA) is 81.5 Å². The van der Waals surface area contributed by atoms with Crippen LogP contribution in [0.2, 0.25) is 5.02 Å². The van der Waals surface area contributed by atoms with Gasteiger partial charge in [0.05, 0.1) is 17.6 Å². The summed E-state index contributed by atoms with van der Waals surface area (Å²) in [7, 11) is 0. The maximum atomic E-state index is 12.2. The Bertz CT molecular complexity index is 851. The standard InChI is InChI=1S/C18H15ClN2O4/c19-13-5-6-17-15(11-13)16(8-9-25-17)20-18(22)7-4-12-2-1-3-14(10-12)21(23)24/h1-7,10-11,16H,8-9H2,(H,20,22)/b7-4+. The first kappa shape index (κ1) is 17.0. The van der Waals surface area contributed by atoms with Crippen LogP contribution in [-0.4, -0.2) is 17.4 Å². The Labute approximate surface area is 149 Å². The molecule has 25 heavy (non-hydrogen) atoms. The van der Waals surface area contributed by atoms with Gasteiger partial charge >= 0.3 is 0 Å². The zero-order valence-electron chi connectivity index (χ0n) is 13.1. The van der Waals surface area contributed by atoms with Gasteiger partial charge in [-0.3, -0.25) is 14.9 Å². The largest absolute Gasteiger partial charge is 0.493 e. The lowest BCUT2D eigenvalue weighted by atomic mass is 10.0. The van der Waals surface area contributed by atoms with Gasteiger partial charge in [0.2, 0.25) is 5.91 Å². The summed E-state index contributed by atoms with van der Waals surface area (Å²) in [6.07, 6.45) is 3.54. The van der Waals surface area contributed by atoms with Crippen LogP contribution >= 0.6 is 11.6 Å². The molecule has 0 saturated heterocycles. The highest BCUT2D eigenvalue weighted by Gasteiger charge is 2.22. The monoisotopic (exact) mass is 358 g/mol. The van der Waals surface area contributed by atoms with Crippen molar-refractivity contribution in [3.05, 3.63) is 74.8 Å². The quantitative estimate of drug-likeness (QED) is 0.510. The highest BCUT2D eigenvalue weighted by atomic mass is 35.5. The minimum atomic E-state index is -0.472. The number of non-ortho nitro benzene ring substituents is 1. The first-order valence-electron chi connectivity index (χ1n) is 7.68. The van der Waals surface area contributed by atoms with Gasteiger partial charge in [-0.2, -0.15) is 0 Å². The molecule has 0 aliphatic carbocycles. The van der Waals surface area contributed by atoms with E-state index in [4.69, 9.17) is 16.3 Å². The number of fused-ring (bicyclic) bond motifs is 1. The summed E-state index contributed by atoms with van der Waals surface area (Å²) in [6, 6.07) is 11.2. The summed E-state index contributed by atoms with van der Waals surface area (Å²) in [5, 5.41) is 14.3. The van der Waals surface area contributed by atoms with Crippen molar-refractivity contribution in [3.8, 4) is 5.75 Å². The van der Waals surface area contributed by atoms with E-state index < -0.39 is 4.92 Å². The predicted molar refractivity (Wildman–Crippen MR) is 94.6 cm³/mol. The number of hydrogen-bond acceptors (Lipinski definition) is 4. The van der Waals surface area contributed by atoms with E-state index in [0.717, 1.165) is 5.56 Å². The van der Waals surface area contributed by atoms with E-state index in [1.54, 1.807) is 36.4 Å². The molecule has 128 valence electrons. The van der Waals surface area contributed by atoms with Crippen LogP contribution in [0.25, 0.3) is 6.08 Å². The highest BCUT2D eigenvalue weighted by Crippen LogP contribution is 2.33. The number of rotatable bonds is 4. The maximum absolute atomic E-state index is 12.2. The third kappa shape index (κ3) is 4.16. The molecule has 0 saturated carbocycles. The molecule has 1 heterocycles. The number of carbonyl (C=O) groups excluding carboxylic acids is 1. The fourth-order valence-electron chi connectivity index (χ4n) is 2.65. The minimum Gasteiger partial charge on any atom is -0.493 e. The van der Waals surface area contributed by atoms with Gasteiger partial charge in [-0.1, -0.05) is 23.7 Å². The van der Waals surface area contributed by atoms with Gasteiger partial charge in [0.15, 0.2) is 0 Å². The van der Waals surface area contributed by atoms with E-state index in [0.29, 0.717) is 29.4 Å². The van der Waals surface area contributed by atoms with Crippen LogP contribution in [0.15, 0.2) is 48.5 Å². The number of ether oxygens (including phenoxy) is 1. The summed E-state index contributed by atoms with van der Waals surface area (Å²) >= 11 is 6.02. The first-order valence-corrected chi connectivity index (χ1v) is 8.06. The predicted octanol–water partition coefficient (Wildman–Crippen LogP) is 3.90. The Morgan fingerprint density at radius 3 is 2.96 bits per heavy atom. The second-order valence-corrected chi connectivity index (χ2v) is 6.00. The molecular formula is C18H15ClN2O4. The van der Waals surface area contributed by atoms with Gasteiger partial charge in [-0.05, 0) is 29.8 Å². The van der Waals surface area contributed by atoms with Gasteiger partial charge in [-0.15, -0.1) is 0 Å². The SMILES string of the molecule is O=C(/C=C/c1cccc([N+](=O)[O-])c1)NC1CCOc2ccc(Cl)cc21. The third-order valence-corrected chi connectivity index (χ3v) is 4.07. The number of nitrogens with one attached hydrogen (secondary N) is 1. The average Bonchev–Trinajstić information content (AvgIpc) is 2.61. The fraction of sp³-hybridized carbons (Fsp3) is 0.167. The number of carbonyl (C=O) groups is 1. The van der Waals surface area contributed by atoms with E-state index in [2.05, 4.69) is 5.32 Å². The smallest absolute Gasteiger partial charge is 0.270 e. The van der Waals surface area contributed by atoms with Crippen molar-refractivity contribution < 1.29 is 14.5 Å². The van der Waals surface area contributed by atoms with Crippen molar-refractivity contribution >= 4 is 29.3 Å². The molecule has 2 aromatic rings. The lowest BCUT2D eigenvalue weighted by Gasteiger charge is -2.26. The van der Waals surface area contributed by atoms with Gasteiger partial charge in [0.25, 0.3) is 5.69 Å². The Balaban J connectivity index is 1.70. The molecule has 1 atom stereocenters. The molecule has 1 amide bonds. The molecule has 6 nitrogen and oxygen atoms in total. The molecule has 0 aromatic heterocycles. The second-order valence-electron chi connectivity index (χ2n) is 5.57. The average molecular weight is 359 g/mol. The Kier molecular flexibility index (Phi) is 5.00. The van der Waals surface area contributed by atoms with Crippen LogP contribution in [0.4, 0.5) is 5.69 Å². The number of nitro benzene ring substituents is 1. The van der Waals surface area contributed by atoms with Crippen LogP contribution in [0, 0.1) is 10.1 Å². The van der Waals surface area contributed by atoms with Crippen LogP contribution in [0.1, 0.15) is 23.6 Å². The molecular weight excluding hydrogens is 344 g/mol. The van der Waals surface area contributed by atoms with Gasteiger partial charge in [-0.25, -0.2) is 0 Å². The van der Waals surface area contributed by atoms with Crippen LogP contribution in [0.3, 0.4) is 0 Å². The highest BCUT2D eigenvalue weighted by molar-refractivity contribution is 6.30. The number of hydrogen-bond donors (Lipinski definition) is 1. The molecule has 2 aromatic carbocycles. The molecule has 1 aliphatic rings. The number of halogens is 1. The number of amides is 1. The van der Waals surface area contributed by atoms with Crippen LogP contribution in [-0.2, 0) is 4.79 Å². The molecule has 0 bridgehead atoms. The van der Waals surface area contributed by atoms with Crippen molar-refractivity contribution in [2.75, 3.05) is 6.61 Å². The van der Waals surface area contributed by atoms with Crippen molar-refractivity contribution in [1.82, 2.24) is 5.32 Å².